The number of hydrogen-bond acceptors (Lipinski definition) is 4. The predicted molar refractivity (Wildman–Crippen MR) is 119 cm³/mol. The number of benzene rings is 3. The molecule has 0 atom stereocenters. The van der Waals surface area contributed by atoms with Gasteiger partial charge in [0.1, 0.15) is 0 Å². The van der Waals surface area contributed by atoms with Crippen molar-refractivity contribution < 1.29 is 13.3 Å². The Morgan fingerprint density at radius 2 is 1.58 bits per heavy atom. The average molecular weight is 436 g/mol. The van der Waals surface area contributed by atoms with E-state index in [-0.39, 0.29) is 23.7 Å². The molecule has 1 N–H and O–H groups in total. The van der Waals surface area contributed by atoms with E-state index in [1.807, 2.05) is 60.8 Å². The molecule has 0 spiro atoms. The fourth-order valence-corrected chi connectivity index (χ4v) is 4.97. The van der Waals surface area contributed by atoms with E-state index in [4.69, 9.17) is 0 Å². The van der Waals surface area contributed by atoms with E-state index in [0.29, 0.717) is 6.42 Å². The van der Waals surface area contributed by atoms with Gasteiger partial charge in [-0.25, -0.2) is 8.42 Å². The van der Waals surface area contributed by atoms with Gasteiger partial charge in [-0.3, -0.25) is 10.1 Å². The number of rotatable bonds is 8. The maximum absolute atomic E-state index is 13.4. The zero-order valence-electron chi connectivity index (χ0n) is 16.6. The first kappa shape index (κ1) is 20.8. The Hall–Kier alpha value is -3.49. The van der Waals surface area contributed by atoms with Gasteiger partial charge in [-0.1, -0.05) is 48.5 Å². The normalized spacial score (nSPS) is 11.8. The summed E-state index contributed by atoms with van der Waals surface area (Å²) in [6.45, 7) is 0.485. The van der Waals surface area contributed by atoms with Gasteiger partial charge in [-0.2, -0.15) is 4.31 Å². The molecule has 1 aromatic heterocycles. The number of sulfonamides is 1. The number of nitrogens with zero attached hydrogens (tertiary/aromatic N) is 2. The lowest BCUT2D eigenvalue weighted by atomic mass is 10.1. The van der Waals surface area contributed by atoms with Crippen molar-refractivity contribution in [1.82, 2.24) is 9.29 Å². The van der Waals surface area contributed by atoms with Crippen LogP contribution in [0.3, 0.4) is 0 Å². The standard InChI is InChI=1S/C23H21N3O4S/c27-26(28)20-10-12-21(13-11-20)31(29,30)25(17-18-6-2-1-3-7-18)15-14-19-16-24-23-9-5-4-8-22(19)23/h1-13,16,24H,14-15,17H2. The number of aromatic nitrogens is 1. The molecule has 0 amide bonds. The van der Waals surface area contributed by atoms with Crippen LogP contribution in [0.5, 0.6) is 0 Å². The van der Waals surface area contributed by atoms with Crippen LogP contribution in [-0.2, 0) is 23.0 Å². The maximum atomic E-state index is 13.4. The quantitative estimate of drug-likeness (QED) is 0.325. The highest BCUT2D eigenvalue weighted by Crippen LogP contribution is 2.23. The van der Waals surface area contributed by atoms with Crippen LogP contribution in [0.2, 0.25) is 0 Å². The molecular formula is C23H21N3O4S. The van der Waals surface area contributed by atoms with Gasteiger partial charge in [-0.15, -0.1) is 0 Å². The molecular weight excluding hydrogens is 414 g/mol. The van der Waals surface area contributed by atoms with E-state index in [1.54, 1.807) is 0 Å². The number of hydrogen-bond donors (Lipinski definition) is 1. The fraction of sp³-hybridized carbons (Fsp3) is 0.130. The van der Waals surface area contributed by atoms with Crippen molar-refractivity contribution in [2.24, 2.45) is 0 Å². The van der Waals surface area contributed by atoms with E-state index in [9.17, 15) is 18.5 Å². The van der Waals surface area contributed by atoms with Crippen molar-refractivity contribution in [2.45, 2.75) is 17.9 Å². The minimum absolute atomic E-state index is 0.0351. The second-order valence-electron chi connectivity index (χ2n) is 7.18. The van der Waals surface area contributed by atoms with Gasteiger partial charge in [0.15, 0.2) is 0 Å². The first-order valence-corrected chi connectivity index (χ1v) is 11.2. The van der Waals surface area contributed by atoms with Crippen LogP contribution in [0.15, 0.2) is 90.0 Å². The Kier molecular flexibility index (Phi) is 5.83. The molecule has 0 unspecified atom stereocenters. The molecule has 0 saturated heterocycles. The molecule has 8 heteroatoms. The molecule has 4 aromatic rings. The number of aromatic amines is 1. The van der Waals surface area contributed by atoms with Crippen LogP contribution in [0.4, 0.5) is 5.69 Å². The summed E-state index contributed by atoms with van der Waals surface area (Å²) in [7, 11) is -3.85. The number of nitrogens with one attached hydrogen (secondary N) is 1. The maximum Gasteiger partial charge on any atom is 0.269 e. The minimum Gasteiger partial charge on any atom is -0.361 e. The Balaban J connectivity index is 1.63. The molecule has 0 radical (unpaired) electrons. The van der Waals surface area contributed by atoms with Crippen LogP contribution >= 0.6 is 0 Å². The van der Waals surface area contributed by atoms with Crippen molar-refractivity contribution in [3.8, 4) is 0 Å². The monoisotopic (exact) mass is 435 g/mol. The van der Waals surface area contributed by atoms with Gasteiger partial charge in [0.25, 0.3) is 5.69 Å². The second kappa shape index (κ2) is 8.71. The van der Waals surface area contributed by atoms with Crippen molar-refractivity contribution in [1.29, 1.82) is 0 Å². The van der Waals surface area contributed by atoms with Gasteiger partial charge in [0.05, 0.1) is 9.82 Å². The van der Waals surface area contributed by atoms with Gasteiger partial charge in [0.2, 0.25) is 10.0 Å². The van der Waals surface area contributed by atoms with Gasteiger partial charge >= 0.3 is 0 Å². The first-order valence-electron chi connectivity index (χ1n) is 9.79. The van der Waals surface area contributed by atoms with Crippen LogP contribution in [0.25, 0.3) is 10.9 Å². The molecule has 0 aliphatic rings. The second-order valence-corrected chi connectivity index (χ2v) is 9.12. The van der Waals surface area contributed by atoms with E-state index in [1.165, 1.54) is 28.6 Å². The van der Waals surface area contributed by atoms with Crippen LogP contribution < -0.4 is 0 Å². The highest BCUT2D eigenvalue weighted by atomic mass is 32.2. The van der Waals surface area contributed by atoms with Crippen LogP contribution in [0.1, 0.15) is 11.1 Å². The number of non-ortho nitro benzene ring substituents is 1. The van der Waals surface area contributed by atoms with E-state index >= 15 is 0 Å². The largest absolute Gasteiger partial charge is 0.361 e. The number of H-pyrrole nitrogens is 1. The lowest BCUT2D eigenvalue weighted by Crippen LogP contribution is -2.32. The Labute approximate surface area is 180 Å². The molecule has 0 fully saturated rings. The molecule has 0 bridgehead atoms. The van der Waals surface area contributed by atoms with Crippen molar-refractivity contribution >= 4 is 26.6 Å². The van der Waals surface area contributed by atoms with Gasteiger partial charge in [0, 0.05) is 42.3 Å². The third-order valence-corrected chi connectivity index (χ3v) is 7.05. The molecule has 0 saturated carbocycles. The van der Waals surface area contributed by atoms with Crippen molar-refractivity contribution in [3.05, 3.63) is 106 Å². The summed E-state index contributed by atoms with van der Waals surface area (Å²) < 4.78 is 28.2. The topological polar surface area (TPSA) is 96.3 Å². The molecule has 1 heterocycles. The molecule has 3 aromatic carbocycles. The third-order valence-electron chi connectivity index (χ3n) is 5.19. The SMILES string of the molecule is O=[N+]([O-])c1ccc(S(=O)(=O)N(CCc2c[nH]c3ccccc23)Cc2ccccc2)cc1. The molecule has 0 aliphatic heterocycles. The van der Waals surface area contributed by atoms with Crippen LogP contribution in [0, 0.1) is 10.1 Å². The lowest BCUT2D eigenvalue weighted by Gasteiger charge is -2.22. The third kappa shape index (κ3) is 4.50. The predicted octanol–water partition coefficient (Wildman–Crippen LogP) is 4.51. The summed E-state index contributed by atoms with van der Waals surface area (Å²) in [6.07, 6.45) is 2.44. The number of nitro groups is 1. The minimum atomic E-state index is -3.85. The molecule has 0 aliphatic carbocycles. The summed E-state index contributed by atoms with van der Waals surface area (Å²) in [4.78, 5) is 13.6. The summed E-state index contributed by atoms with van der Waals surface area (Å²) in [5.41, 5.74) is 2.76. The molecule has 4 rings (SSSR count). The Bertz CT molecular complexity index is 1300. The fourth-order valence-electron chi connectivity index (χ4n) is 3.54. The molecule has 7 nitrogen and oxygen atoms in total. The molecule has 158 valence electrons. The average Bonchev–Trinajstić information content (AvgIpc) is 3.20. The van der Waals surface area contributed by atoms with Crippen molar-refractivity contribution in [3.63, 3.8) is 0 Å². The number of fused-ring (bicyclic) bond motifs is 1. The van der Waals surface area contributed by atoms with Crippen molar-refractivity contribution in [2.75, 3.05) is 6.54 Å². The van der Waals surface area contributed by atoms with E-state index in [0.717, 1.165) is 22.0 Å². The Morgan fingerprint density at radius 3 is 2.29 bits per heavy atom. The highest BCUT2D eigenvalue weighted by molar-refractivity contribution is 7.89. The van der Waals surface area contributed by atoms with E-state index < -0.39 is 14.9 Å². The lowest BCUT2D eigenvalue weighted by molar-refractivity contribution is -0.384. The summed E-state index contributed by atoms with van der Waals surface area (Å²) >= 11 is 0. The highest BCUT2D eigenvalue weighted by Gasteiger charge is 2.25. The van der Waals surface area contributed by atoms with Crippen LogP contribution in [-0.4, -0.2) is 29.2 Å². The summed E-state index contributed by atoms with van der Waals surface area (Å²) in [5, 5.41) is 12.0. The zero-order valence-corrected chi connectivity index (χ0v) is 17.5. The zero-order chi connectivity index (χ0) is 21.8. The summed E-state index contributed by atoms with van der Waals surface area (Å²) in [5.74, 6) is 0. The van der Waals surface area contributed by atoms with Gasteiger partial charge < -0.3 is 4.98 Å². The Morgan fingerprint density at radius 1 is 0.903 bits per heavy atom. The molecule has 31 heavy (non-hydrogen) atoms. The summed E-state index contributed by atoms with van der Waals surface area (Å²) in [6, 6.07) is 22.3. The number of para-hydroxylation sites is 1. The first-order chi connectivity index (χ1) is 14.9. The smallest absolute Gasteiger partial charge is 0.269 e. The van der Waals surface area contributed by atoms with E-state index in [2.05, 4.69) is 4.98 Å². The number of nitro benzene ring substituents is 1. The van der Waals surface area contributed by atoms with Gasteiger partial charge in [-0.05, 0) is 35.7 Å².